The fraction of sp³-hybridized carbons (Fsp3) is 0.667. The van der Waals surface area contributed by atoms with E-state index >= 15 is 0 Å². The molecule has 1 aliphatic carbocycles. The summed E-state index contributed by atoms with van der Waals surface area (Å²) in [5, 5.41) is 0. The predicted octanol–water partition coefficient (Wildman–Crippen LogP) is 3.03. The summed E-state index contributed by atoms with van der Waals surface area (Å²) in [5.41, 5.74) is 5.54. The average molecular weight is 300 g/mol. The summed E-state index contributed by atoms with van der Waals surface area (Å²) in [4.78, 5) is 7.96. The number of ether oxygens (including phenoxy) is 1. The number of rotatable bonds is 3. The van der Waals surface area contributed by atoms with Crippen LogP contribution in [-0.4, -0.2) is 16.6 Å². The number of hydrogen-bond donors (Lipinski definition) is 1. The standard InChI is InChI=1S/C12H18BrN3O/c1-8-3-2-4-9(5-8)7-17-11-10(13)6-15-12(14)16-11/h6,8-9H,2-5,7H2,1H3,(H2,14,15,16). The maximum atomic E-state index is 5.73. The van der Waals surface area contributed by atoms with Crippen LogP contribution in [0.1, 0.15) is 32.6 Å². The van der Waals surface area contributed by atoms with Crippen LogP contribution in [0.4, 0.5) is 5.95 Å². The topological polar surface area (TPSA) is 61.0 Å². The van der Waals surface area contributed by atoms with Gasteiger partial charge in [-0.15, -0.1) is 0 Å². The Morgan fingerprint density at radius 2 is 2.35 bits per heavy atom. The Hall–Kier alpha value is -0.840. The first-order chi connectivity index (χ1) is 8.15. The van der Waals surface area contributed by atoms with Gasteiger partial charge in [-0.2, -0.15) is 4.98 Å². The second-order valence-corrected chi connectivity index (χ2v) is 5.68. The van der Waals surface area contributed by atoms with E-state index in [1.807, 2.05) is 0 Å². The molecule has 4 nitrogen and oxygen atoms in total. The summed E-state index contributed by atoms with van der Waals surface area (Å²) < 4.78 is 6.49. The SMILES string of the molecule is CC1CCCC(COc2nc(N)ncc2Br)C1. The Kier molecular flexibility index (Phi) is 4.20. The highest BCUT2D eigenvalue weighted by atomic mass is 79.9. The van der Waals surface area contributed by atoms with Crippen molar-refractivity contribution in [2.24, 2.45) is 11.8 Å². The highest BCUT2D eigenvalue weighted by Crippen LogP contribution is 2.30. The van der Waals surface area contributed by atoms with E-state index in [-0.39, 0.29) is 5.95 Å². The molecule has 1 saturated carbocycles. The Bertz CT molecular complexity index is 386. The van der Waals surface area contributed by atoms with Crippen LogP contribution in [0.2, 0.25) is 0 Å². The van der Waals surface area contributed by atoms with Crippen LogP contribution in [0, 0.1) is 11.8 Å². The van der Waals surface area contributed by atoms with E-state index < -0.39 is 0 Å². The Labute approximate surface area is 110 Å². The molecule has 1 aromatic rings. The zero-order valence-electron chi connectivity index (χ0n) is 10.0. The molecule has 0 aromatic carbocycles. The lowest BCUT2D eigenvalue weighted by atomic mass is 9.83. The quantitative estimate of drug-likeness (QED) is 0.932. The molecule has 0 saturated heterocycles. The van der Waals surface area contributed by atoms with Crippen molar-refractivity contribution >= 4 is 21.9 Å². The molecule has 0 amide bonds. The monoisotopic (exact) mass is 299 g/mol. The van der Waals surface area contributed by atoms with Gasteiger partial charge in [0.25, 0.3) is 0 Å². The normalized spacial score (nSPS) is 24.6. The van der Waals surface area contributed by atoms with Crippen LogP contribution in [-0.2, 0) is 0 Å². The fourth-order valence-corrected chi connectivity index (χ4v) is 2.68. The largest absolute Gasteiger partial charge is 0.476 e. The van der Waals surface area contributed by atoms with Gasteiger partial charge in [0.05, 0.1) is 17.3 Å². The summed E-state index contributed by atoms with van der Waals surface area (Å²) in [5.74, 6) is 2.26. The minimum Gasteiger partial charge on any atom is -0.476 e. The minimum atomic E-state index is 0.250. The van der Waals surface area contributed by atoms with Crippen LogP contribution in [0.5, 0.6) is 5.88 Å². The molecule has 2 rings (SSSR count). The third kappa shape index (κ3) is 3.56. The molecule has 0 aliphatic heterocycles. The Morgan fingerprint density at radius 1 is 1.53 bits per heavy atom. The number of aromatic nitrogens is 2. The predicted molar refractivity (Wildman–Crippen MR) is 70.8 cm³/mol. The summed E-state index contributed by atoms with van der Waals surface area (Å²) in [7, 11) is 0. The van der Waals surface area contributed by atoms with Crippen molar-refractivity contribution in [3.63, 3.8) is 0 Å². The highest BCUT2D eigenvalue weighted by molar-refractivity contribution is 9.10. The number of halogens is 1. The second kappa shape index (κ2) is 5.67. The third-order valence-corrected chi connectivity index (χ3v) is 3.78. The fourth-order valence-electron chi connectivity index (χ4n) is 2.37. The second-order valence-electron chi connectivity index (χ2n) is 4.83. The van der Waals surface area contributed by atoms with Crippen LogP contribution in [0.15, 0.2) is 10.7 Å². The zero-order valence-corrected chi connectivity index (χ0v) is 11.6. The summed E-state index contributed by atoms with van der Waals surface area (Å²) in [6, 6.07) is 0. The van der Waals surface area contributed by atoms with Gasteiger partial charge in [0, 0.05) is 0 Å². The van der Waals surface area contributed by atoms with Crippen molar-refractivity contribution in [1.82, 2.24) is 9.97 Å². The van der Waals surface area contributed by atoms with Gasteiger partial charge in [0.2, 0.25) is 11.8 Å². The molecular formula is C12H18BrN3O. The molecule has 0 spiro atoms. The van der Waals surface area contributed by atoms with Gasteiger partial charge in [0.15, 0.2) is 0 Å². The molecule has 94 valence electrons. The average Bonchev–Trinajstić information content (AvgIpc) is 2.30. The van der Waals surface area contributed by atoms with Crippen molar-refractivity contribution in [3.05, 3.63) is 10.7 Å². The van der Waals surface area contributed by atoms with E-state index in [2.05, 4.69) is 32.8 Å². The summed E-state index contributed by atoms with van der Waals surface area (Å²) in [6.07, 6.45) is 6.78. The van der Waals surface area contributed by atoms with E-state index in [1.165, 1.54) is 25.7 Å². The van der Waals surface area contributed by atoms with Crippen molar-refractivity contribution in [2.75, 3.05) is 12.3 Å². The highest BCUT2D eigenvalue weighted by Gasteiger charge is 2.20. The molecule has 0 bridgehead atoms. The molecular weight excluding hydrogens is 282 g/mol. The maximum absolute atomic E-state index is 5.73. The maximum Gasteiger partial charge on any atom is 0.232 e. The van der Waals surface area contributed by atoms with Crippen LogP contribution >= 0.6 is 15.9 Å². The van der Waals surface area contributed by atoms with Gasteiger partial charge in [-0.25, -0.2) is 4.98 Å². The van der Waals surface area contributed by atoms with Crippen LogP contribution in [0.3, 0.4) is 0 Å². The summed E-state index contributed by atoms with van der Waals surface area (Å²) >= 11 is 3.36. The smallest absolute Gasteiger partial charge is 0.232 e. The molecule has 1 aromatic heterocycles. The van der Waals surface area contributed by atoms with Crippen molar-refractivity contribution in [1.29, 1.82) is 0 Å². The Morgan fingerprint density at radius 3 is 3.12 bits per heavy atom. The van der Waals surface area contributed by atoms with E-state index in [0.717, 1.165) is 17.0 Å². The van der Waals surface area contributed by atoms with Gasteiger partial charge >= 0.3 is 0 Å². The molecule has 2 N–H and O–H groups in total. The molecule has 1 heterocycles. The molecule has 1 aliphatic rings. The summed E-state index contributed by atoms with van der Waals surface area (Å²) in [6.45, 7) is 3.03. The minimum absolute atomic E-state index is 0.250. The lowest BCUT2D eigenvalue weighted by Gasteiger charge is -2.26. The first kappa shape index (κ1) is 12.6. The first-order valence-electron chi connectivity index (χ1n) is 6.06. The van der Waals surface area contributed by atoms with E-state index in [4.69, 9.17) is 10.5 Å². The lowest BCUT2D eigenvalue weighted by molar-refractivity contribution is 0.177. The van der Waals surface area contributed by atoms with Gasteiger partial charge in [0.1, 0.15) is 0 Å². The van der Waals surface area contributed by atoms with Gasteiger partial charge in [-0.3, -0.25) is 0 Å². The van der Waals surface area contributed by atoms with Gasteiger partial charge in [-0.1, -0.05) is 19.8 Å². The van der Waals surface area contributed by atoms with Crippen molar-refractivity contribution < 1.29 is 4.74 Å². The number of nitrogens with two attached hydrogens (primary N) is 1. The third-order valence-electron chi connectivity index (χ3n) is 3.23. The van der Waals surface area contributed by atoms with Gasteiger partial charge < -0.3 is 10.5 Å². The van der Waals surface area contributed by atoms with Gasteiger partial charge in [-0.05, 0) is 40.6 Å². The molecule has 17 heavy (non-hydrogen) atoms. The van der Waals surface area contributed by atoms with E-state index in [1.54, 1.807) is 6.20 Å². The van der Waals surface area contributed by atoms with Crippen LogP contribution in [0.25, 0.3) is 0 Å². The van der Waals surface area contributed by atoms with E-state index in [9.17, 15) is 0 Å². The van der Waals surface area contributed by atoms with Crippen molar-refractivity contribution in [3.8, 4) is 5.88 Å². The van der Waals surface area contributed by atoms with Crippen molar-refractivity contribution in [2.45, 2.75) is 32.6 Å². The zero-order chi connectivity index (χ0) is 12.3. The number of hydrogen-bond acceptors (Lipinski definition) is 4. The van der Waals surface area contributed by atoms with E-state index in [0.29, 0.717) is 11.8 Å². The number of nitrogens with zero attached hydrogens (tertiary/aromatic N) is 2. The lowest BCUT2D eigenvalue weighted by Crippen LogP contribution is -2.20. The first-order valence-corrected chi connectivity index (χ1v) is 6.85. The molecule has 1 fully saturated rings. The number of nitrogen functional groups attached to an aromatic ring is 1. The molecule has 5 heteroatoms. The Balaban J connectivity index is 1.90. The molecule has 0 radical (unpaired) electrons. The van der Waals surface area contributed by atoms with Crippen LogP contribution < -0.4 is 10.5 Å². The number of anilines is 1. The molecule has 2 atom stereocenters. The molecule has 2 unspecified atom stereocenters.